The first-order chi connectivity index (χ1) is 12.8. The molecule has 1 aromatic heterocycles. The molecule has 0 radical (unpaired) electrons. The van der Waals surface area contributed by atoms with Crippen LogP contribution in [-0.2, 0) is 19.5 Å². The highest BCUT2D eigenvalue weighted by molar-refractivity contribution is 5.45. The zero-order chi connectivity index (χ0) is 17.8. The molecule has 0 atom stereocenters. The summed E-state index contributed by atoms with van der Waals surface area (Å²) in [4.78, 5) is 6.88. The summed E-state index contributed by atoms with van der Waals surface area (Å²) < 4.78 is 5.18. The van der Waals surface area contributed by atoms with Gasteiger partial charge < -0.3 is 15.0 Å². The van der Waals surface area contributed by atoms with Crippen molar-refractivity contribution in [1.82, 2.24) is 15.2 Å². The number of benzene rings is 2. The Morgan fingerprint density at radius 2 is 1.88 bits per heavy atom. The van der Waals surface area contributed by atoms with Crippen molar-refractivity contribution in [2.24, 2.45) is 0 Å². The molecule has 0 saturated carbocycles. The van der Waals surface area contributed by atoms with Gasteiger partial charge in [-0.25, -0.2) is 0 Å². The van der Waals surface area contributed by atoms with Gasteiger partial charge >= 0.3 is 0 Å². The zero-order valence-corrected chi connectivity index (χ0v) is 14.7. The van der Waals surface area contributed by atoms with Crippen LogP contribution in [0.1, 0.15) is 16.7 Å². The maximum atomic E-state index is 5.18. The second-order valence-corrected chi connectivity index (χ2v) is 6.28. The third kappa shape index (κ3) is 3.59. The van der Waals surface area contributed by atoms with E-state index < -0.39 is 0 Å². The molecule has 26 heavy (non-hydrogen) atoms. The fourth-order valence-electron chi connectivity index (χ4n) is 3.14. The minimum atomic E-state index is 0.539. The monoisotopic (exact) mass is 347 g/mol. The first kappa shape index (κ1) is 16.3. The fourth-order valence-corrected chi connectivity index (χ4v) is 3.14. The smallest absolute Gasteiger partial charge is 0.244 e. The van der Waals surface area contributed by atoms with Crippen molar-refractivity contribution >= 4 is 11.8 Å². The van der Waals surface area contributed by atoms with Crippen molar-refractivity contribution in [3.8, 4) is 5.75 Å². The molecule has 1 N–H and O–H groups in total. The van der Waals surface area contributed by atoms with Crippen molar-refractivity contribution in [3.05, 3.63) is 71.4 Å². The third-order valence-corrected chi connectivity index (χ3v) is 4.61. The molecule has 1 aliphatic rings. The molecule has 2 aromatic carbocycles. The van der Waals surface area contributed by atoms with Crippen LogP contribution in [0.4, 0.5) is 11.8 Å². The van der Waals surface area contributed by atoms with Crippen LogP contribution in [0.25, 0.3) is 0 Å². The molecule has 2 heterocycles. The van der Waals surface area contributed by atoms with Crippen molar-refractivity contribution < 1.29 is 4.74 Å². The van der Waals surface area contributed by atoms with E-state index in [-0.39, 0.29) is 0 Å². The largest absolute Gasteiger partial charge is 0.497 e. The van der Waals surface area contributed by atoms with Crippen molar-refractivity contribution in [3.63, 3.8) is 0 Å². The molecule has 3 aromatic rings. The van der Waals surface area contributed by atoms with Gasteiger partial charge in [-0.3, -0.25) is 0 Å². The Bertz CT molecular complexity index is 881. The average molecular weight is 347 g/mol. The zero-order valence-electron chi connectivity index (χ0n) is 14.7. The molecule has 0 fully saturated rings. The summed E-state index contributed by atoms with van der Waals surface area (Å²) in [6.45, 7) is 2.43. The van der Waals surface area contributed by atoms with Gasteiger partial charge in [0.05, 0.1) is 13.3 Å². The maximum absolute atomic E-state index is 5.18. The molecule has 4 rings (SSSR count). The van der Waals surface area contributed by atoms with E-state index >= 15 is 0 Å². The lowest BCUT2D eigenvalue weighted by Gasteiger charge is -2.29. The number of rotatable bonds is 5. The predicted molar refractivity (Wildman–Crippen MR) is 101 cm³/mol. The SMILES string of the molecule is COc1ccc(CNc2nncc(N3CCc4ccccc4C3)n2)cc1. The maximum Gasteiger partial charge on any atom is 0.244 e. The molecule has 0 amide bonds. The van der Waals surface area contributed by atoms with Gasteiger partial charge in [0.2, 0.25) is 5.95 Å². The lowest BCUT2D eigenvalue weighted by Crippen LogP contribution is -2.31. The number of ether oxygens (including phenoxy) is 1. The fraction of sp³-hybridized carbons (Fsp3) is 0.250. The van der Waals surface area contributed by atoms with Crippen LogP contribution in [0.2, 0.25) is 0 Å². The Morgan fingerprint density at radius 1 is 1.08 bits per heavy atom. The lowest BCUT2D eigenvalue weighted by atomic mass is 10.0. The van der Waals surface area contributed by atoms with Crippen molar-refractivity contribution in [1.29, 1.82) is 0 Å². The highest BCUT2D eigenvalue weighted by Crippen LogP contribution is 2.23. The summed E-state index contributed by atoms with van der Waals surface area (Å²) in [6.07, 6.45) is 2.75. The lowest BCUT2D eigenvalue weighted by molar-refractivity contribution is 0.414. The van der Waals surface area contributed by atoms with Crippen LogP contribution in [0, 0.1) is 0 Å². The predicted octanol–water partition coefficient (Wildman–Crippen LogP) is 3.06. The minimum absolute atomic E-state index is 0.539. The topological polar surface area (TPSA) is 63.2 Å². The molecule has 6 nitrogen and oxygen atoms in total. The second kappa shape index (κ2) is 7.39. The Labute approximate surface area is 152 Å². The Kier molecular flexibility index (Phi) is 4.64. The number of methoxy groups -OCH3 is 1. The van der Waals surface area contributed by atoms with Gasteiger partial charge in [-0.1, -0.05) is 36.4 Å². The molecule has 0 spiro atoms. The van der Waals surface area contributed by atoms with E-state index in [1.54, 1.807) is 13.3 Å². The van der Waals surface area contributed by atoms with Crippen LogP contribution in [0.3, 0.4) is 0 Å². The Morgan fingerprint density at radius 3 is 2.69 bits per heavy atom. The van der Waals surface area contributed by atoms with E-state index in [2.05, 4.69) is 49.7 Å². The molecule has 0 aliphatic carbocycles. The highest BCUT2D eigenvalue weighted by Gasteiger charge is 2.17. The van der Waals surface area contributed by atoms with Gasteiger partial charge in [0.25, 0.3) is 0 Å². The molecule has 0 bridgehead atoms. The average Bonchev–Trinajstić information content (AvgIpc) is 2.72. The van der Waals surface area contributed by atoms with Crippen molar-refractivity contribution in [2.75, 3.05) is 23.9 Å². The van der Waals surface area contributed by atoms with E-state index in [4.69, 9.17) is 4.74 Å². The van der Waals surface area contributed by atoms with E-state index in [1.165, 1.54) is 11.1 Å². The molecule has 132 valence electrons. The first-order valence-electron chi connectivity index (χ1n) is 8.70. The summed E-state index contributed by atoms with van der Waals surface area (Å²) in [6, 6.07) is 16.5. The van der Waals surface area contributed by atoms with Crippen LogP contribution in [-0.4, -0.2) is 28.8 Å². The Balaban J connectivity index is 1.43. The molecule has 0 unspecified atom stereocenters. The van der Waals surface area contributed by atoms with E-state index in [1.807, 2.05) is 24.3 Å². The summed E-state index contributed by atoms with van der Waals surface area (Å²) in [5.74, 6) is 2.24. The number of aromatic nitrogens is 3. The Hall–Kier alpha value is -3.15. The highest BCUT2D eigenvalue weighted by atomic mass is 16.5. The quantitative estimate of drug-likeness (QED) is 0.765. The number of nitrogens with one attached hydrogen (secondary N) is 1. The van der Waals surface area contributed by atoms with E-state index in [0.717, 1.165) is 36.6 Å². The molecular weight excluding hydrogens is 326 g/mol. The van der Waals surface area contributed by atoms with E-state index in [0.29, 0.717) is 12.5 Å². The summed E-state index contributed by atoms with van der Waals surface area (Å²) in [7, 11) is 1.66. The first-order valence-corrected chi connectivity index (χ1v) is 8.70. The number of anilines is 2. The summed E-state index contributed by atoms with van der Waals surface area (Å²) in [5, 5.41) is 11.5. The van der Waals surface area contributed by atoms with Gasteiger partial charge in [0.1, 0.15) is 5.75 Å². The van der Waals surface area contributed by atoms with Crippen molar-refractivity contribution in [2.45, 2.75) is 19.5 Å². The van der Waals surface area contributed by atoms with Gasteiger partial charge in [0.15, 0.2) is 5.82 Å². The van der Waals surface area contributed by atoms with Crippen LogP contribution >= 0.6 is 0 Å². The van der Waals surface area contributed by atoms with Gasteiger partial charge in [-0.05, 0) is 35.2 Å². The van der Waals surface area contributed by atoms with Gasteiger partial charge in [-0.2, -0.15) is 10.1 Å². The third-order valence-electron chi connectivity index (χ3n) is 4.61. The normalized spacial score (nSPS) is 13.2. The second-order valence-electron chi connectivity index (χ2n) is 6.28. The molecule has 1 aliphatic heterocycles. The molecule has 6 heteroatoms. The van der Waals surface area contributed by atoms with Crippen LogP contribution in [0.5, 0.6) is 5.75 Å². The van der Waals surface area contributed by atoms with E-state index in [9.17, 15) is 0 Å². The number of hydrogen-bond acceptors (Lipinski definition) is 6. The van der Waals surface area contributed by atoms with Crippen LogP contribution in [0.15, 0.2) is 54.7 Å². The number of nitrogens with zero attached hydrogens (tertiary/aromatic N) is 4. The minimum Gasteiger partial charge on any atom is -0.497 e. The van der Waals surface area contributed by atoms with Gasteiger partial charge in [0, 0.05) is 19.6 Å². The standard InChI is InChI=1S/C20H21N5O/c1-26-18-8-6-15(7-9-18)12-21-20-23-19(13-22-24-20)25-11-10-16-4-2-3-5-17(16)14-25/h2-9,13H,10-12,14H2,1H3,(H,21,23,24). The summed E-state index contributed by atoms with van der Waals surface area (Å²) in [5.41, 5.74) is 3.90. The van der Waals surface area contributed by atoms with Crippen LogP contribution < -0.4 is 15.0 Å². The number of fused-ring (bicyclic) bond motifs is 1. The molecular formula is C20H21N5O. The van der Waals surface area contributed by atoms with Gasteiger partial charge in [-0.15, -0.1) is 5.10 Å². The summed E-state index contributed by atoms with van der Waals surface area (Å²) >= 11 is 0. The molecule has 0 saturated heterocycles. The number of hydrogen-bond donors (Lipinski definition) is 1.